The number of cyclic esters (lactones) is 1. The normalized spacial score (nSPS) is 22.7. The van der Waals surface area contributed by atoms with E-state index < -0.39 is 41.6 Å². The van der Waals surface area contributed by atoms with Crippen molar-refractivity contribution in [3.8, 4) is 0 Å². The van der Waals surface area contributed by atoms with Crippen molar-refractivity contribution in [2.45, 2.75) is 58.5 Å². The second-order valence-corrected chi connectivity index (χ2v) is 7.43. The summed E-state index contributed by atoms with van der Waals surface area (Å²) in [6.07, 6.45) is -1.69. The molecule has 26 heavy (non-hydrogen) atoms. The molecule has 1 aliphatic heterocycles. The second-order valence-electron chi connectivity index (χ2n) is 7.43. The zero-order valence-corrected chi connectivity index (χ0v) is 15.2. The van der Waals surface area contributed by atoms with Crippen LogP contribution in [0.5, 0.6) is 0 Å². The molecule has 0 bridgehead atoms. The van der Waals surface area contributed by atoms with Crippen LogP contribution in [0.4, 0.5) is 0 Å². The minimum atomic E-state index is -1.67. The van der Waals surface area contributed by atoms with Crippen LogP contribution in [0, 0.1) is 5.41 Å². The Morgan fingerprint density at radius 2 is 1.88 bits per heavy atom. The number of carbonyl (C=O) groups excluding carboxylic acids is 2. The molecule has 2 rings (SSSR count). The van der Waals surface area contributed by atoms with Gasteiger partial charge in [-0.1, -0.05) is 51.1 Å². The van der Waals surface area contributed by atoms with Crippen LogP contribution in [0.2, 0.25) is 0 Å². The average molecular weight is 364 g/mol. The Morgan fingerprint density at radius 3 is 2.42 bits per heavy atom. The van der Waals surface area contributed by atoms with Crippen LogP contribution in [0.1, 0.15) is 45.6 Å². The largest absolute Gasteiger partial charge is 0.481 e. The smallest absolute Gasteiger partial charge is 0.341 e. The third-order valence-electron chi connectivity index (χ3n) is 4.04. The fraction of sp³-hybridized carbons (Fsp3) is 0.526. The summed E-state index contributed by atoms with van der Waals surface area (Å²) in [5.41, 5.74) is -1.34. The standard InChI is InChI=1S/C19H24O7/c1-18(2,3)17-25-16(23)19(26-17,11-14(20)21)10-9-15(22)24-12-13-7-5-4-6-8-13/h4-8,17H,9-12H2,1-3H3,(H,20,21)/t17-,19+/m0/s1. The van der Waals surface area contributed by atoms with Gasteiger partial charge in [0.2, 0.25) is 6.29 Å². The van der Waals surface area contributed by atoms with Crippen molar-refractivity contribution in [2.24, 2.45) is 5.41 Å². The minimum absolute atomic E-state index is 0.113. The molecular formula is C19H24O7. The van der Waals surface area contributed by atoms with E-state index in [9.17, 15) is 14.4 Å². The molecule has 142 valence electrons. The highest BCUT2D eigenvalue weighted by Gasteiger charge is 2.54. The molecule has 0 saturated carbocycles. The van der Waals surface area contributed by atoms with E-state index in [1.807, 2.05) is 51.1 Å². The van der Waals surface area contributed by atoms with Crippen LogP contribution in [0.3, 0.4) is 0 Å². The summed E-state index contributed by atoms with van der Waals surface area (Å²) in [4.78, 5) is 35.5. The quantitative estimate of drug-likeness (QED) is 0.743. The molecule has 7 nitrogen and oxygen atoms in total. The van der Waals surface area contributed by atoms with Gasteiger partial charge in [-0.05, 0) is 12.0 Å². The number of esters is 2. The number of carboxylic acids is 1. The number of hydrogen-bond donors (Lipinski definition) is 1. The van der Waals surface area contributed by atoms with Gasteiger partial charge in [-0.15, -0.1) is 0 Å². The van der Waals surface area contributed by atoms with Crippen LogP contribution in [0.25, 0.3) is 0 Å². The number of rotatable bonds is 7. The molecule has 1 aliphatic rings. The van der Waals surface area contributed by atoms with Gasteiger partial charge in [0.05, 0.1) is 6.42 Å². The molecule has 0 aromatic heterocycles. The van der Waals surface area contributed by atoms with E-state index in [2.05, 4.69) is 0 Å². The third kappa shape index (κ3) is 5.05. The van der Waals surface area contributed by atoms with E-state index in [1.54, 1.807) is 0 Å². The van der Waals surface area contributed by atoms with Crippen molar-refractivity contribution < 1.29 is 33.7 Å². The molecule has 7 heteroatoms. The number of carbonyl (C=O) groups is 3. The summed E-state index contributed by atoms with van der Waals surface area (Å²) in [5.74, 6) is -2.49. The van der Waals surface area contributed by atoms with Gasteiger partial charge in [0.1, 0.15) is 6.61 Å². The van der Waals surface area contributed by atoms with Crippen molar-refractivity contribution in [1.82, 2.24) is 0 Å². The summed E-state index contributed by atoms with van der Waals surface area (Å²) >= 11 is 0. The highest BCUT2D eigenvalue weighted by Crippen LogP contribution is 2.39. The topological polar surface area (TPSA) is 99.1 Å². The molecule has 0 unspecified atom stereocenters. The molecule has 0 aliphatic carbocycles. The SMILES string of the molecule is CC(C)(C)[C@H]1OC(=O)[C@@](CCC(=O)OCc2ccccc2)(CC(=O)O)O1. The van der Waals surface area contributed by atoms with E-state index in [1.165, 1.54) is 0 Å². The molecule has 1 heterocycles. The highest BCUT2D eigenvalue weighted by molar-refractivity contribution is 5.87. The molecule has 1 N–H and O–H groups in total. The van der Waals surface area contributed by atoms with Crippen molar-refractivity contribution in [1.29, 1.82) is 0 Å². The van der Waals surface area contributed by atoms with Crippen LogP contribution in [0.15, 0.2) is 30.3 Å². The first-order valence-electron chi connectivity index (χ1n) is 8.43. The molecule has 1 aromatic carbocycles. The van der Waals surface area contributed by atoms with Gasteiger partial charge < -0.3 is 19.3 Å². The lowest BCUT2D eigenvalue weighted by Crippen LogP contribution is -2.40. The lowest BCUT2D eigenvalue weighted by molar-refractivity contribution is -0.164. The summed E-state index contributed by atoms with van der Waals surface area (Å²) < 4.78 is 16.1. The van der Waals surface area contributed by atoms with Gasteiger partial charge in [-0.2, -0.15) is 0 Å². The van der Waals surface area contributed by atoms with Gasteiger partial charge in [0.15, 0.2) is 5.60 Å². The van der Waals surface area contributed by atoms with E-state index in [4.69, 9.17) is 19.3 Å². The highest BCUT2D eigenvalue weighted by atomic mass is 16.8. The van der Waals surface area contributed by atoms with Crippen LogP contribution < -0.4 is 0 Å². The van der Waals surface area contributed by atoms with Gasteiger partial charge in [0.25, 0.3) is 0 Å². The van der Waals surface area contributed by atoms with Crippen molar-refractivity contribution in [3.05, 3.63) is 35.9 Å². The Bertz CT molecular complexity index is 662. The summed E-state index contributed by atoms with van der Waals surface area (Å²) in [6, 6.07) is 9.17. The van der Waals surface area contributed by atoms with Gasteiger partial charge in [-0.3, -0.25) is 9.59 Å². The fourth-order valence-corrected chi connectivity index (χ4v) is 2.56. The number of carboxylic acid groups (broad SMARTS) is 1. The number of aliphatic carboxylic acids is 1. The molecule has 0 amide bonds. The minimum Gasteiger partial charge on any atom is -0.481 e. The van der Waals surface area contributed by atoms with E-state index >= 15 is 0 Å². The Hall–Kier alpha value is -2.41. The van der Waals surface area contributed by atoms with Crippen LogP contribution in [-0.4, -0.2) is 34.9 Å². The monoisotopic (exact) mass is 364 g/mol. The molecule has 0 radical (unpaired) electrons. The molecule has 1 saturated heterocycles. The predicted octanol–water partition coefficient (Wildman–Crippen LogP) is 2.67. The first kappa shape index (κ1) is 19.9. The maximum absolute atomic E-state index is 12.3. The molecule has 2 atom stereocenters. The number of benzene rings is 1. The van der Waals surface area contributed by atoms with Crippen LogP contribution in [-0.2, 0) is 35.2 Å². The molecule has 1 fully saturated rings. The van der Waals surface area contributed by atoms with Crippen LogP contribution >= 0.6 is 0 Å². The molecule has 0 spiro atoms. The number of ether oxygens (including phenoxy) is 3. The Kier molecular flexibility index (Phi) is 6.02. The summed E-state index contributed by atoms with van der Waals surface area (Å²) in [7, 11) is 0. The summed E-state index contributed by atoms with van der Waals surface area (Å²) in [6.45, 7) is 5.56. The van der Waals surface area contributed by atoms with E-state index in [0.717, 1.165) is 5.56 Å². The first-order valence-corrected chi connectivity index (χ1v) is 8.43. The van der Waals surface area contributed by atoms with Crippen molar-refractivity contribution >= 4 is 17.9 Å². The maximum Gasteiger partial charge on any atom is 0.341 e. The van der Waals surface area contributed by atoms with Crippen molar-refractivity contribution in [2.75, 3.05) is 0 Å². The van der Waals surface area contributed by atoms with Gasteiger partial charge in [0, 0.05) is 11.8 Å². The van der Waals surface area contributed by atoms with Gasteiger partial charge in [-0.25, -0.2) is 4.79 Å². The van der Waals surface area contributed by atoms with E-state index in [0.29, 0.717) is 0 Å². The number of hydrogen-bond acceptors (Lipinski definition) is 6. The Labute approximate surface area is 152 Å². The lowest BCUT2D eigenvalue weighted by atomic mass is 9.93. The maximum atomic E-state index is 12.3. The Balaban J connectivity index is 1.98. The third-order valence-corrected chi connectivity index (χ3v) is 4.04. The zero-order valence-electron chi connectivity index (χ0n) is 15.2. The first-order chi connectivity index (χ1) is 12.1. The average Bonchev–Trinajstić information content (AvgIpc) is 2.88. The lowest BCUT2D eigenvalue weighted by Gasteiger charge is -2.27. The fourth-order valence-electron chi connectivity index (χ4n) is 2.56. The van der Waals surface area contributed by atoms with Crippen molar-refractivity contribution in [3.63, 3.8) is 0 Å². The predicted molar refractivity (Wildman–Crippen MR) is 90.9 cm³/mol. The Morgan fingerprint density at radius 1 is 1.23 bits per heavy atom. The van der Waals surface area contributed by atoms with E-state index in [-0.39, 0.29) is 19.4 Å². The molecular weight excluding hydrogens is 340 g/mol. The van der Waals surface area contributed by atoms with Gasteiger partial charge >= 0.3 is 17.9 Å². The summed E-state index contributed by atoms with van der Waals surface area (Å²) in [5, 5.41) is 9.16. The zero-order chi connectivity index (χ0) is 19.4. The second kappa shape index (κ2) is 7.86. The molecule has 1 aromatic rings.